The molecule has 1 aliphatic heterocycles. The molecular weight excluding hydrogens is 282 g/mol. The third-order valence-electron chi connectivity index (χ3n) is 4.95. The molecule has 1 aliphatic carbocycles. The Bertz CT molecular complexity index is 514. The van der Waals surface area contributed by atoms with Crippen LogP contribution in [0.2, 0.25) is 0 Å². The largest absolute Gasteiger partial charge is 0.381 e. The van der Waals surface area contributed by atoms with Crippen molar-refractivity contribution in [3.05, 3.63) is 11.7 Å². The van der Waals surface area contributed by atoms with Gasteiger partial charge in [-0.1, -0.05) is 19.0 Å². The van der Waals surface area contributed by atoms with E-state index in [1.807, 2.05) is 18.7 Å². The van der Waals surface area contributed by atoms with E-state index in [1.54, 1.807) is 7.11 Å². The van der Waals surface area contributed by atoms with Crippen LogP contribution in [0.4, 0.5) is 0 Å². The molecule has 3 rings (SSSR count). The van der Waals surface area contributed by atoms with E-state index in [-0.39, 0.29) is 11.8 Å². The average molecular weight is 307 g/mol. The fraction of sp³-hybridized carbons (Fsp3) is 0.812. The number of methoxy groups -OCH3 is 1. The lowest BCUT2D eigenvalue weighted by Crippen LogP contribution is -2.30. The summed E-state index contributed by atoms with van der Waals surface area (Å²) < 4.78 is 10.6. The van der Waals surface area contributed by atoms with E-state index in [0.717, 1.165) is 25.9 Å². The molecule has 6 nitrogen and oxygen atoms in total. The van der Waals surface area contributed by atoms with Gasteiger partial charge in [0.2, 0.25) is 11.8 Å². The van der Waals surface area contributed by atoms with Gasteiger partial charge in [-0.05, 0) is 24.7 Å². The highest BCUT2D eigenvalue weighted by Crippen LogP contribution is 2.39. The maximum atomic E-state index is 12.3. The van der Waals surface area contributed by atoms with Gasteiger partial charge >= 0.3 is 0 Å². The van der Waals surface area contributed by atoms with E-state index in [1.165, 1.54) is 0 Å². The van der Waals surface area contributed by atoms with Gasteiger partial charge in [-0.25, -0.2) is 0 Å². The molecule has 122 valence electrons. The molecule has 3 atom stereocenters. The minimum absolute atomic E-state index is 0.202. The number of carbonyl (C=O) groups excluding carboxylic acids is 1. The number of ether oxygens (including phenoxy) is 1. The van der Waals surface area contributed by atoms with Gasteiger partial charge in [-0.3, -0.25) is 4.79 Å². The number of nitrogens with zero attached hydrogens (tertiary/aromatic N) is 3. The van der Waals surface area contributed by atoms with Crippen molar-refractivity contribution >= 4 is 5.91 Å². The van der Waals surface area contributed by atoms with E-state index >= 15 is 0 Å². The van der Waals surface area contributed by atoms with Crippen molar-refractivity contribution < 1.29 is 14.1 Å². The highest BCUT2D eigenvalue weighted by molar-refractivity contribution is 5.76. The first-order valence-electron chi connectivity index (χ1n) is 8.19. The molecule has 1 unspecified atom stereocenters. The van der Waals surface area contributed by atoms with Gasteiger partial charge in [0.05, 0.1) is 6.10 Å². The molecule has 2 fully saturated rings. The molecular formula is C16H25N3O3. The standard InChI is InChI=1S/C16H25N3O3/c1-10(2)16-17-14(22-18-16)4-5-15(20)19-8-11-6-13(21-3)7-12(11)9-19/h10-13H,4-9H2,1-3H3/t11-,12+,13?. The molecule has 1 saturated heterocycles. The van der Waals surface area contributed by atoms with Gasteiger partial charge in [0.15, 0.2) is 5.82 Å². The Morgan fingerprint density at radius 3 is 2.59 bits per heavy atom. The Balaban J connectivity index is 1.47. The number of carbonyl (C=O) groups is 1. The van der Waals surface area contributed by atoms with Crippen LogP contribution in [-0.2, 0) is 16.0 Å². The van der Waals surface area contributed by atoms with Crippen LogP contribution in [0.5, 0.6) is 0 Å². The van der Waals surface area contributed by atoms with Crippen molar-refractivity contribution in [2.75, 3.05) is 20.2 Å². The molecule has 0 bridgehead atoms. The molecule has 0 spiro atoms. The Hall–Kier alpha value is -1.43. The summed E-state index contributed by atoms with van der Waals surface area (Å²) in [6, 6.07) is 0. The van der Waals surface area contributed by atoms with Gasteiger partial charge in [0.1, 0.15) is 0 Å². The smallest absolute Gasteiger partial charge is 0.227 e. The van der Waals surface area contributed by atoms with Crippen LogP contribution >= 0.6 is 0 Å². The summed E-state index contributed by atoms with van der Waals surface area (Å²) in [5, 5.41) is 3.93. The highest BCUT2D eigenvalue weighted by Gasteiger charge is 2.42. The molecule has 1 saturated carbocycles. The van der Waals surface area contributed by atoms with Crippen LogP contribution < -0.4 is 0 Å². The second-order valence-electron chi connectivity index (χ2n) is 6.85. The van der Waals surface area contributed by atoms with Crippen molar-refractivity contribution in [1.29, 1.82) is 0 Å². The van der Waals surface area contributed by atoms with Crippen LogP contribution in [0, 0.1) is 11.8 Å². The lowest BCUT2D eigenvalue weighted by atomic mass is 10.0. The van der Waals surface area contributed by atoms with Crippen LogP contribution in [0.15, 0.2) is 4.52 Å². The number of hydrogen-bond acceptors (Lipinski definition) is 5. The molecule has 0 radical (unpaired) electrons. The van der Waals surface area contributed by atoms with Gasteiger partial charge in [0, 0.05) is 39.0 Å². The number of aryl methyl sites for hydroxylation is 1. The number of likely N-dealkylation sites (tertiary alicyclic amines) is 1. The minimum atomic E-state index is 0.202. The number of aromatic nitrogens is 2. The van der Waals surface area contributed by atoms with Crippen LogP contribution in [0.25, 0.3) is 0 Å². The predicted molar refractivity (Wildman–Crippen MR) is 80.3 cm³/mol. The number of fused-ring (bicyclic) bond motifs is 1. The van der Waals surface area contributed by atoms with Gasteiger partial charge < -0.3 is 14.2 Å². The quantitative estimate of drug-likeness (QED) is 0.832. The van der Waals surface area contributed by atoms with Crippen molar-refractivity contribution in [3.63, 3.8) is 0 Å². The molecule has 0 N–H and O–H groups in total. The normalized spacial score (nSPS) is 27.6. The van der Waals surface area contributed by atoms with Crippen LogP contribution in [-0.4, -0.2) is 47.3 Å². The first kappa shape index (κ1) is 15.5. The summed E-state index contributed by atoms with van der Waals surface area (Å²) in [5.41, 5.74) is 0. The van der Waals surface area contributed by atoms with E-state index in [2.05, 4.69) is 10.1 Å². The van der Waals surface area contributed by atoms with Gasteiger partial charge in [-0.15, -0.1) is 0 Å². The van der Waals surface area contributed by atoms with E-state index in [9.17, 15) is 4.79 Å². The van der Waals surface area contributed by atoms with Crippen molar-refractivity contribution in [2.45, 2.75) is 51.6 Å². The Morgan fingerprint density at radius 2 is 2.05 bits per heavy atom. The first-order chi connectivity index (χ1) is 10.6. The van der Waals surface area contributed by atoms with Gasteiger partial charge in [-0.2, -0.15) is 4.98 Å². The average Bonchev–Trinajstić information content (AvgIpc) is 3.18. The number of rotatable bonds is 5. The third kappa shape index (κ3) is 3.16. The summed E-state index contributed by atoms with van der Waals surface area (Å²) in [7, 11) is 1.78. The summed E-state index contributed by atoms with van der Waals surface area (Å²) in [6.07, 6.45) is 3.55. The summed E-state index contributed by atoms with van der Waals surface area (Å²) >= 11 is 0. The number of amides is 1. The van der Waals surface area contributed by atoms with Crippen molar-refractivity contribution in [3.8, 4) is 0 Å². The lowest BCUT2D eigenvalue weighted by Gasteiger charge is -2.18. The molecule has 2 aliphatic rings. The summed E-state index contributed by atoms with van der Waals surface area (Å²) in [5.74, 6) is 2.96. The lowest BCUT2D eigenvalue weighted by molar-refractivity contribution is -0.130. The van der Waals surface area contributed by atoms with Crippen molar-refractivity contribution in [2.24, 2.45) is 11.8 Å². The van der Waals surface area contributed by atoms with E-state index in [0.29, 0.717) is 42.5 Å². The Morgan fingerprint density at radius 1 is 1.36 bits per heavy atom. The predicted octanol–water partition coefficient (Wildman–Crippen LogP) is 2.01. The zero-order chi connectivity index (χ0) is 15.7. The maximum Gasteiger partial charge on any atom is 0.227 e. The molecule has 2 heterocycles. The molecule has 22 heavy (non-hydrogen) atoms. The third-order valence-corrected chi connectivity index (χ3v) is 4.95. The second kappa shape index (κ2) is 6.36. The second-order valence-corrected chi connectivity index (χ2v) is 6.85. The Kier molecular flexibility index (Phi) is 4.47. The number of hydrogen-bond donors (Lipinski definition) is 0. The molecule has 1 amide bonds. The summed E-state index contributed by atoms with van der Waals surface area (Å²) in [6.45, 7) is 5.81. The topological polar surface area (TPSA) is 68.5 Å². The molecule has 6 heteroatoms. The zero-order valence-electron chi connectivity index (χ0n) is 13.6. The summed E-state index contributed by atoms with van der Waals surface area (Å²) in [4.78, 5) is 18.7. The fourth-order valence-corrected chi connectivity index (χ4v) is 3.62. The Labute approximate surface area is 131 Å². The minimum Gasteiger partial charge on any atom is -0.381 e. The molecule has 1 aromatic heterocycles. The van der Waals surface area contributed by atoms with Crippen molar-refractivity contribution in [1.82, 2.24) is 15.0 Å². The molecule has 0 aromatic carbocycles. The molecule has 1 aromatic rings. The highest BCUT2D eigenvalue weighted by atomic mass is 16.5. The van der Waals surface area contributed by atoms with E-state index in [4.69, 9.17) is 9.26 Å². The van der Waals surface area contributed by atoms with E-state index < -0.39 is 0 Å². The first-order valence-corrected chi connectivity index (χ1v) is 8.19. The SMILES string of the molecule is COC1C[C@@H]2CN(C(=O)CCc3nc(C(C)C)no3)C[C@@H]2C1. The monoisotopic (exact) mass is 307 g/mol. The van der Waals surface area contributed by atoms with Crippen LogP contribution in [0.3, 0.4) is 0 Å². The van der Waals surface area contributed by atoms with Gasteiger partial charge in [0.25, 0.3) is 0 Å². The maximum absolute atomic E-state index is 12.3. The zero-order valence-corrected chi connectivity index (χ0v) is 13.6. The fourth-order valence-electron chi connectivity index (χ4n) is 3.62. The van der Waals surface area contributed by atoms with Crippen LogP contribution in [0.1, 0.15) is 50.7 Å².